The fourth-order valence-electron chi connectivity index (χ4n) is 1.41. The van der Waals surface area contributed by atoms with Gasteiger partial charge in [0.05, 0.1) is 17.1 Å². The zero-order valence-corrected chi connectivity index (χ0v) is 9.03. The molecule has 0 radical (unpaired) electrons. The van der Waals surface area contributed by atoms with Crippen LogP contribution in [0.25, 0.3) is 0 Å². The topological polar surface area (TPSA) is 76.7 Å². The van der Waals surface area contributed by atoms with Crippen molar-refractivity contribution in [2.45, 2.75) is 13.0 Å². The van der Waals surface area contributed by atoms with Gasteiger partial charge in [-0.05, 0) is 35.6 Å². The smallest absolute Gasteiger partial charge is 0.0852 e. The molecule has 3 N–H and O–H groups in total. The second-order valence-electron chi connectivity index (χ2n) is 3.15. The van der Waals surface area contributed by atoms with Gasteiger partial charge < -0.3 is 0 Å². The summed E-state index contributed by atoms with van der Waals surface area (Å²) < 4.78 is 3.82. The van der Waals surface area contributed by atoms with Crippen molar-refractivity contribution in [1.82, 2.24) is 20.0 Å². The monoisotopic (exact) mass is 221 g/mol. The normalized spacial score (nSPS) is 12.7. The van der Waals surface area contributed by atoms with E-state index in [-0.39, 0.29) is 6.04 Å². The molecule has 0 spiro atoms. The maximum Gasteiger partial charge on any atom is 0.0852 e. The van der Waals surface area contributed by atoms with Crippen molar-refractivity contribution in [3.63, 3.8) is 0 Å². The van der Waals surface area contributed by atoms with Gasteiger partial charge in [-0.25, -0.2) is 5.43 Å². The van der Waals surface area contributed by atoms with E-state index in [9.17, 15) is 0 Å². The van der Waals surface area contributed by atoms with E-state index in [1.54, 1.807) is 18.6 Å². The molecule has 1 unspecified atom stereocenters. The molecule has 0 amide bonds. The molecule has 2 rings (SSSR count). The van der Waals surface area contributed by atoms with Crippen molar-refractivity contribution < 1.29 is 0 Å². The molecule has 0 aliphatic carbocycles. The first kappa shape index (κ1) is 10.2. The summed E-state index contributed by atoms with van der Waals surface area (Å²) in [6.07, 6.45) is 5.28. The highest BCUT2D eigenvalue weighted by Crippen LogP contribution is 2.24. The van der Waals surface area contributed by atoms with Gasteiger partial charge in [-0.2, -0.15) is 0 Å². The Bertz CT molecular complexity index is 428. The maximum absolute atomic E-state index is 5.54. The number of nitrogens with one attached hydrogen (secondary N) is 1. The predicted molar refractivity (Wildman–Crippen MR) is 58.0 cm³/mol. The number of nitrogens with two attached hydrogens (primary N) is 1. The molecule has 2 aromatic heterocycles. The molecular weight excluding hydrogens is 210 g/mol. The minimum absolute atomic E-state index is 0.0845. The zero-order valence-electron chi connectivity index (χ0n) is 8.21. The van der Waals surface area contributed by atoms with E-state index in [0.29, 0.717) is 0 Å². The quantitative estimate of drug-likeness (QED) is 0.592. The molecule has 1 atom stereocenters. The Morgan fingerprint density at radius 3 is 2.93 bits per heavy atom. The molecular formula is C9H11N5S. The van der Waals surface area contributed by atoms with Gasteiger partial charge in [-0.15, -0.1) is 5.10 Å². The number of aromatic nitrogens is 3. The number of nitrogens with zero attached hydrogens (tertiary/aromatic N) is 3. The molecule has 0 bridgehead atoms. The molecule has 2 aromatic rings. The van der Waals surface area contributed by atoms with Gasteiger partial charge in [0.1, 0.15) is 0 Å². The number of hydrogen-bond donors (Lipinski definition) is 2. The second kappa shape index (κ2) is 4.43. The Kier molecular flexibility index (Phi) is 3.00. The minimum Gasteiger partial charge on any atom is -0.271 e. The van der Waals surface area contributed by atoms with Crippen LogP contribution < -0.4 is 11.3 Å². The van der Waals surface area contributed by atoms with Crippen LogP contribution in [0, 0.1) is 6.92 Å². The van der Waals surface area contributed by atoms with Crippen molar-refractivity contribution in [1.29, 1.82) is 0 Å². The minimum atomic E-state index is -0.0845. The van der Waals surface area contributed by atoms with E-state index in [4.69, 9.17) is 5.84 Å². The van der Waals surface area contributed by atoms with Crippen LogP contribution in [0.5, 0.6) is 0 Å². The Hall–Kier alpha value is -1.37. The van der Waals surface area contributed by atoms with Crippen molar-refractivity contribution in [3.8, 4) is 0 Å². The van der Waals surface area contributed by atoms with Crippen LogP contribution in [-0.4, -0.2) is 14.6 Å². The second-order valence-corrected chi connectivity index (χ2v) is 3.97. The maximum atomic E-state index is 5.54. The number of aryl methyl sites for hydroxylation is 1. The predicted octanol–water partition coefficient (Wildman–Crippen LogP) is 0.794. The van der Waals surface area contributed by atoms with Crippen LogP contribution in [0.4, 0.5) is 0 Å². The molecule has 78 valence electrons. The average Bonchev–Trinajstić information content (AvgIpc) is 2.75. The van der Waals surface area contributed by atoms with Gasteiger partial charge in [-0.3, -0.25) is 10.8 Å². The summed E-state index contributed by atoms with van der Waals surface area (Å²) in [7, 11) is 0. The SMILES string of the molecule is Cc1ccncc1C(NN)c1cnns1. The third-order valence-corrected chi connectivity index (χ3v) is 2.95. The van der Waals surface area contributed by atoms with E-state index in [0.717, 1.165) is 16.0 Å². The van der Waals surface area contributed by atoms with Crippen LogP contribution in [0.2, 0.25) is 0 Å². The molecule has 0 saturated carbocycles. The van der Waals surface area contributed by atoms with Crippen molar-refractivity contribution in [3.05, 3.63) is 40.7 Å². The third-order valence-electron chi connectivity index (χ3n) is 2.22. The third kappa shape index (κ3) is 2.01. The van der Waals surface area contributed by atoms with Gasteiger partial charge in [0.2, 0.25) is 0 Å². The van der Waals surface area contributed by atoms with Gasteiger partial charge in [0, 0.05) is 12.4 Å². The lowest BCUT2D eigenvalue weighted by Gasteiger charge is -2.15. The largest absolute Gasteiger partial charge is 0.271 e. The molecule has 0 saturated heterocycles. The fraction of sp³-hybridized carbons (Fsp3) is 0.222. The van der Waals surface area contributed by atoms with Gasteiger partial charge in [-0.1, -0.05) is 4.49 Å². The first-order valence-electron chi connectivity index (χ1n) is 4.47. The molecule has 0 fully saturated rings. The van der Waals surface area contributed by atoms with Crippen molar-refractivity contribution in [2.24, 2.45) is 5.84 Å². The Morgan fingerprint density at radius 2 is 2.33 bits per heavy atom. The van der Waals surface area contributed by atoms with E-state index < -0.39 is 0 Å². The molecule has 15 heavy (non-hydrogen) atoms. The molecule has 0 aliphatic heterocycles. The highest BCUT2D eigenvalue weighted by atomic mass is 32.1. The fourth-order valence-corrected chi connectivity index (χ4v) is 1.99. The van der Waals surface area contributed by atoms with Crippen LogP contribution in [0.1, 0.15) is 22.0 Å². The van der Waals surface area contributed by atoms with E-state index in [1.807, 2.05) is 13.0 Å². The van der Waals surface area contributed by atoms with E-state index in [2.05, 4.69) is 20.0 Å². The lowest BCUT2D eigenvalue weighted by molar-refractivity contribution is 0.639. The average molecular weight is 221 g/mol. The summed E-state index contributed by atoms with van der Waals surface area (Å²) in [5.74, 6) is 5.54. The molecule has 0 aromatic carbocycles. The zero-order chi connectivity index (χ0) is 10.7. The van der Waals surface area contributed by atoms with Crippen LogP contribution in [0.3, 0.4) is 0 Å². The van der Waals surface area contributed by atoms with E-state index >= 15 is 0 Å². The summed E-state index contributed by atoms with van der Waals surface area (Å²) in [4.78, 5) is 5.07. The molecule has 2 heterocycles. The number of rotatable bonds is 3. The van der Waals surface area contributed by atoms with Crippen LogP contribution >= 0.6 is 11.5 Å². The summed E-state index contributed by atoms with van der Waals surface area (Å²) >= 11 is 1.33. The standard InChI is InChI=1S/C9H11N5S/c1-6-2-3-11-4-7(6)9(13-10)8-5-12-14-15-8/h2-5,9,13H,10H2,1H3. The summed E-state index contributed by atoms with van der Waals surface area (Å²) in [5.41, 5.74) is 4.94. The lowest BCUT2D eigenvalue weighted by atomic mass is 10.0. The van der Waals surface area contributed by atoms with Gasteiger partial charge >= 0.3 is 0 Å². The summed E-state index contributed by atoms with van der Waals surface area (Å²) in [6, 6.07) is 1.87. The highest BCUT2D eigenvalue weighted by Gasteiger charge is 2.16. The first-order valence-corrected chi connectivity index (χ1v) is 5.24. The molecule has 5 nitrogen and oxygen atoms in total. The van der Waals surface area contributed by atoms with Crippen LogP contribution in [-0.2, 0) is 0 Å². The van der Waals surface area contributed by atoms with Crippen molar-refractivity contribution in [2.75, 3.05) is 0 Å². The number of hydrogen-bond acceptors (Lipinski definition) is 6. The highest BCUT2D eigenvalue weighted by molar-refractivity contribution is 7.05. The molecule has 0 aliphatic rings. The summed E-state index contributed by atoms with van der Waals surface area (Å²) in [5, 5.41) is 3.80. The Labute approximate surface area is 91.5 Å². The lowest BCUT2D eigenvalue weighted by Crippen LogP contribution is -2.28. The van der Waals surface area contributed by atoms with Gasteiger partial charge in [0.25, 0.3) is 0 Å². The first-order chi connectivity index (χ1) is 7.33. The summed E-state index contributed by atoms with van der Waals surface area (Å²) in [6.45, 7) is 2.02. The Balaban J connectivity index is 2.40. The Morgan fingerprint density at radius 1 is 1.47 bits per heavy atom. The number of hydrazine groups is 1. The van der Waals surface area contributed by atoms with E-state index in [1.165, 1.54) is 11.5 Å². The molecule has 6 heteroatoms. The van der Waals surface area contributed by atoms with Gasteiger partial charge in [0.15, 0.2) is 0 Å². The van der Waals surface area contributed by atoms with Crippen LogP contribution in [0.15, 0.2) is 24.7 Å². The van der Waals surface area contributed by atoms with Crippen molar-refractivity contribution >= 4 is 11.5 Å². The number of pyridine rings is 1.